The molecule has 0 aromatic rings. The Bertz CT molecular complexity index is 213. The minimum absolute atomic E-state index is 0.101. The average Bonchev–Trinajstić information content (AvgIpc) is 2.27. The van der Waals surface area contributed by atoms with E-state index in [2.05, 4.69) is 5.32 Å². The molecule has 1 rings (SSSR count). The molecule has 0 aliphatic carbocycles. The quantitative estimate of drug-likeness (QED) is 0.700. The fourth-order valence-corrected chi connectivity index (χ4v) is 1.62. The molecule has 1 fully saturated rings. The fraction of sp³-hybridized carbons (Fsp3) is 0.900. The van der Waals surface area contributed by atoms with Gasteiger partial charge in [0, 0.05) is 39.3 Å². The SMILES string of the molecule is CN(C)C(=O)NCC1(CO)CCOCC1. The van der Waals surface area contributed by atoms with Gasteiger partial charge in [0.25, 0.3) is 0 Å². The number of hydrogen-bond acceptors (Lipinski definition) is 3. The van der Waals surface area contributed by atoms with Crippen molar-refractivity contribution in [3.63, 3.8) is 0 Å². The lowest BCUT2D eigenvalue weighted by Crippen LogP contribution is -2.46. The summed E-state index contributed by atoms with van der Waals surface area (Å²) < 4.78 is 5.25. The molecule has 0 unspecified atom stereocenters. The van der Waals surface area contributed by atoms with Crippen LogP contribution in [0.5, 0.6) is 0 Å². The second-order valence-electron chi connectivity index (χ2n) is 4.32. The number of urea groups is 1. The van der Waals surface area contributed by atoms with Crippen LogP contribution in [0.2, 0.25) is 0 Å². The van der Waals surface area contributed by atoms with Crippen LogP contribution in [0.3, 0.4) is 0 Å². The number of carbonyl (C=O) groups is 1. The van der Waals surface area contributed by atoms with Crippen LogP contribution in [0.15, 0.2) is 0 Å². The predicted molar refractivity (Wildman–Crippen MR) is 56.7 cm³/mol. The monoisotopic (exact) mass is 216 g/mol. The van der Waals surface area contributed by atoms with Gasteiger partial charge in [-0.25, -0.2) is 4.79 Å². The van der Waals surface area contributed by atoms with E-state index >= 15 is 0 Å². The molecule has 1 saturated heterocycles. The highest BCUT2D eigenvalue weighted by atomic mass is 16.5. The van der Waals surface area contributed by atoms with E-state index in [1.165, 1.54) is 4.90 Å². The molecule has 0 bridgehead atoms. The van der Waals surface area contributed by atoms with Crippen LogP contribution in [-0.2, 0) is 4.74 Å². The molecule has 0 aromatic heterocycles. The normalized spacial score (nSPS) is 19.7. The summed E-state index contributed by atoms with van der Waals surface area (Å²) in [5.41, 5.74) is -0.191. The van der Waals surface area contributed by atoms with Gasteiger partial charge in [-0.2, -0.15) is 0 Å². The summed E-state index contributed by atoms with van der Waals surface area (Å²) >= 11 is 0. The van der Waals surface area contributed by atoms with Crippen LogP contribution in [-0.4, -0.2) is 56.5 Å². The molecule has 0 radical (unpaired) electrons. The zero-order valence-corrected chi connectivity index (χ0v) is 9.45. The number of hydrogen-bond donors (Lipinski definition) is 2. The number of nitrogens with zero attached hydrogens (tertiary/aromatic N) is 1. The third-order valence-corrected chi connectivity index (χ3v) is 2.91. The van der Waals surface area contributed by atoms with E-state index < -0.39 is 0 Å². The topological polar surface area (TPSA) is 61.8 Å². The van der Waals surface area contributed by atoms with Gasteiger partial charge < -0.3 is 20.1 Å². The molecular formula is C10H20N2O3. The Balaban J connectivity index is 2.42. The Morgan fingerprint density at radius 1 is 1.47 bits per heavy atom. The van der Waals surface area contributed by atoms with Crippen LogP contribution in [0.25, 0.3) is 0 Å². The Hall–Kier alpha value is -0.810. The minimum atomic E-state index is -0.191. The van der Waals surface area contributed by atoms with Crippen molar-refractivity contribution in [3.05, 3.63) is 0 Å². The van der Waals surface area contributed by atoms with Crippen LogP contribution in [0.1, 0.15) is 12.8 Å². The molecule has 15 heavy (non-hydrogen) atoms. The molecule has 1 aliphatic rings. The molecule has 0 spiro atoms. The maximum Gasteiger partial charge on any atom is 0.316 e. The van der Waals surface area contributed by atoms with E-state index in [1.807, 2.05) is 0 Å². The Kier molecular flexibility index (Phi) is 4.35. The number of carbonyl (C=O) groups excluding carboxylic acids is 1. The number of aliphatic hydroxyl groups excluding tert-OH is 1. The molecule has 1 aliphatic heterocycles. The number of nitrogens with one attached hydrogen (secondary N) is 1. The standard InChI is InChI=1S/C10H20N2O3/c1-12(2)9(14)11-7-10(8-13)3-5-15-6-4-10/h13H,3-8H2,1-2H3,(H,11,14). The Morgan fingerprint density at radius 3 is 2.53 bits per heavy atom. The summed E-state index contributed by atoms with van der Waals surface area (Å²) in [4.78, 5) is 12.8. The molecular weight excluding hydrogens is 196 g/mol. The van der Waals surface area contributed by atoms with Gasteiger partial charge >= 0.3 is 6.03 Å². The molecule has 0 atom stereocenters. The fourth-order valence-electron chi connectivity index (χ4n) is 1.62. The lowest BCUT2D eigenvalue weighted by molar-refractivity contribution is -0.0142. The van der Waals surface area contributed by atoms with Crippen molar-refractivity contribution in [1.29, 1.82) is 0 Å². The van der Waals surface area contributed by atoms with Gasteiger partial charge in [0.2, 0.25) is 0 Å². The summed E-state index contributed by atoms with van der Waals surface area (Å²) in [6.45, 7) is 1.95. The summed E-state index contributed by atoms with van der Waals surface area (Å²) in [6, 6.07) is -0.116. The van der Waals surface area contributed by atoms with E-state index in [1.54, 1.807) is 14.1 Å². The summed E-state index contributed by atoms with van der Waals surface area (Å²) in [6.07, 6.45) is 1.61. The van der Waals surface area contributed by atoms with Gasteiger partial charge in [-0.05, 0) is 12.8 Å². The first-order valence-electron chi connectivity index (χ1n) is 5.23. The smallest absolute Gasteiger partial charge is 0.316 e. The van der Waals surface area contributed by atoms with Crippen LogP contribution in [0.4, 0.5) is 4.79 Å². The van der Waals surface area contributed by atoms with Crippen molar-refractivity contribution >= 4 is 6.03 Å². The second-order valence-corrected chi connectivity index (χ2v) is 4.32. The Labute approximate surface area is 90.4 Å². The van der Waals surface area contributed by atoms with Crippen LogP contribution >= 0.6 is 0 Å². The summed E-state index contributed by atoms with van der Waals surface area (Å²) in [5, 5.41) is 12.2. The highest BCUT2D eigenvalue weighted by Gasteiger charge is 2.32. The van der Waals surface area contributed by atoms with E-state index in [0.29, 0.717) is 19.8 Å². The third-order valence-electron chi connectivity index (χ3n) is 2.91. The number of aliphatic hydroxyl groups is 1. The molecule has 0 aromatic carbocycles. The lowest BCUT2D eigenvalue weighted by Gasteiger charge is -2.35. The van der Waals surface area contributed by atoms with E-state index in [0.717, 1.165) is 12.8 Å². The van der Waals surface area contributed by atoms with E-state index in [-0.39, 0.29) is 18.1 Å². The lowest BCUT2D eigenvalue weighted by atomic mass is 9.81. The highest BCUT2D eigenvalue weighted by molar-refractivity contribution is 5.73. The van der Waals surface area contributed by atoms with E-state index in [4.69, 9.17) is 4.74 Å². The van der Waals surface area contributed by atoms with Gasteiger partial charge in [0.1, 0.15) is 0 Å². The van der Waals surface area contributed by atoms with Crippen molar-refractivity contribution < 1.29 is 14.6 Å². The summed E-state index contributed by atoms with van der Waals surface area (Å²) in [7, 11) is 3.40. The van der Waals surface area contributed by atoms with Crippen molar-refractivity contribution in [2.45, 2.75) is 12.8 Å². The van der Waals surface area contributed by atoms with E-state index in [9.17, 15) is 9.90 Å². The number of amides is 2. The first-order chi connectivity index (χ1) is 7.09. The molecule has 0 saturated carbocycles. The average molecular weight is 216 g/mol. The highest BCUT2D eigenvalue weighted by Crippen LogP contribution is 2.28. The van der Waals surface area contributed by atoms with Crippen LogP contribution < -0.4 is 5.32 Å². The molecule has 5 nitrogen and oxygen atoms in total. The summed E-state index contributed by atoms with van der Waals surface area (Å²) in [5.74, 6) is 0. The molecule has 2 amide bonds. The molecule has 2 N–H and O–H groups in total. The third kappa shape index (κ3) is 3.35. The van der Waals surface area contributed by atoms with Crippen molar-refractivity contribution in [3.8, 4) is 0 Å². The van der Waals surface area contributed by atoms with Gasteiger partial charge in [0.05, 0.1) is 6.61 Å². The number of rotatable bonds is 3. The first kappa shape index (κ1) is 12.3. The molecule has 1 heterocycles. The van der Waals surface area contributed by atoms with Crippen molar-refractivity contribution in [1.82, 2.24) is 10.2 Å². The second kappa shape index (κ2) is 5.32. The Morgan fingerprint density at radius 2 is 2.07 bits per heavy atom. The predicted octanol–water partition coefficient (Wildman–Crippen LogP) is 0.0467. The van der Waals surface area contributed by atoms with Crippen LogP contribution in [0, 0.1) is 5.41 Å². The van der Waals surface area contributed by atoms with Gasteiger partial charge in [-0.1, -0.05) is 0 Å². The van der Waals surface area contributed by atoms with Crippen molar-refractivity contribution in [2.75, 3.05) is 40.5 Å². The van der Waals surface area contributed by atoms with Gasteiger partial charge in [-0.3, -0.25) is 0 Å². The minimum Gasteiger partial charge on any atom is -0.396 e. The maximum atomic E-state index is 11.3. The zero-order chi connectivity index (χ0) is 11.3. The van der Waals surface area contributed by atoms with Gasteiger partial charge in [0.15, 0.2) is 0 Å². The van der Waals surface area contributed by atoms with Gasteiger partial charge in [-0.15, -0.1) is 0 Å². The maximum absolute atomic E-state index is 11.3. The van der Waals surface area contributed by atoms with Crippen molar-refractivity contribution in [2.24, 2.45) is 5.41 Å². The molecule has 88 valence electrons. The zero-order valence-electron chi connectivity index (χ0n) is 9.45. The number of ether oxygens (including phenoxy) is 1. The molecule has 5 heteroatoms. The largest absolute Gasteiger partial charge is 0.396 e. The first-order valence-corrected chi connectivity index (χ1v) is 5.23.